The molecule has 0 radical (unpaired) electrons. The molecule has 1 aliphatic heterocycles. The fraction of sp³-hybridized carbons (Fsp3) is 0.111. The van der Waals surface area contributed by atoms with Crippen molar-refractivity contribution in [3.05, 3.63) is 65.4 Å². The zero-order chi connectivity index (χ0) is 16.7. The fourth-order valence-corrected chi connectivity index (χ4v) is 2.88. The lowest BCUT2D eigenvalue weighted by molar-refractivity contribution is 0.0879. The number of nitrogens with zero attached hydrogens (tertiary/aromatic N) is 3. The standard InChI is InChI=1S/C18H14N4O2/c1-11-16(20-21-22(11)13-6-4-2-3-5-7-13)12-8-9-14-15(10-12)18(24)19-17(14)23/h2-4,6-10H,5H2,1H3,(H,19,23,24). The predicted molar refractivity (Wildman–Crippen MR) is 89.2 cm³/mol. The van der Waals surface area contributed by atoms with E-state index < -0.39 is 0 Å². The molecule has 0 spiro atoms. The average Bonchev–Trinajstić information content (AvgIpc) is 2.95. The van der Waals surface area contributed by atoms with E-state index in [1.165, 1.54) is 0 Å². The molecule has 4 rings (SSSR count). The molecule has 6 heteroatoms. The number of nitrogens with one attached hydrogen (secondary N) is 1. The van der Waals surface area contributed by atoms with Crippen molar-refractivity contribution < 1.29 is 9.59 Å². The highest BCUT2D eigenvalue weighted by molar-refractivity contribution is 6.21. The van der Waals surface area contributed by atoms with Gasteiger partial charge in [0.1, 0.15) is 5.69 Å². The van der Waals surface area contributed by atoms with Gasteiger partial charge in [0.15, 0.2) is 0 Å². The van der Waals surface area contributed by atoms with Gasteiger partial charge < -0.3 is 0 Å². The normalized spacial score (nSPS) is 16.0. The van der Waals surface area contributed by atoms with E-state index in [1.54, 1.807) is 22.9 Å². The summed E-state index contributed by atoms with van der Waals surface area (Å²) < 4.78 is 1.78. The highest BCUT2D eigenvalue weighted by Gasteiger charge is 2.27. The van der Waals surface area contributed by atoms with Crippen LogP contribution in [0, 0.1) is 6.92 Å². The minimum atomic E-state index is -0.373. The molecule has 1 aromatic carbocycles. The summed E-state index contributed by atoms with van der Waals surface area (Å²) >= 11 is 0. The Hall–Kier alpha value is -3.28. The number of hydrogen-bond donors (Lipinski definition) is 1. The number of rotatable bonds is 2. The van der Waals surface area contributed by atoms with E-state index in [0.717, 1.165) is 23.4 Å². The van der Waals surface area contributed by atoms with E-state index in [1.807, 2.05) is 25.2 Å². The molecular weight excluding hydrogens is 304 g/mol. The highest BCUT2D eigenvalue weighted by atomic mass is 16.2. The summed E-state index contributed by atoms with van der Waals surface area (Å²) in [5.74, 6) is -0.731. The third-order valence-corrected chi connectivity index (χ3v) is 4.13. The van der Waals surface area contributed by atoms with Crippen molar-refractivity contribution in [3.8, 4) is 11.3 Å². The van der Waals surface area contributed by atoms with Crippen LogP contribution < -0.4 is 5.32 Å². The van der Waals surface area contributed by atoms with Gasteiger partial charge in [-0.05, 0) is 31.6 Å². The van der Waals surface area contributed by atoms with Gasteiger partial charge in [-0.25, -0.2) is 4.68 Å². The van der Waals surface area contributed by atoms with Crippen molar-refractivity contribution in [2.75, 3.05) is 0 Å². The van der Waals surface area contributed by atoms with E-state index in [-0.39, 0.29) is 11.8 Å². The zero-order valence-electron chi connectivity index (χ0n) is 13.0. The smallest absolute Gasteiger partial charge is 0.258 e. The summed E-state index contributed by atoms with van der Waals surface area (Å²) in [6, 6.07) is 5.13. The maximum atomic E-state index is 11.8. The van der Waals surface area contributed by atoms with E-state index in [2.05, 4.69) is 27.8 Å². The van der Waals surface area contributed by atoms with Crippen molar-refractivity contribution in [2.45, 2.75) is 13.3 Å². The van der Waals surface area contributed by atoms with Crippen molar-refractivity contribution in [2.24, 2.45) is 0 Å². The Bertz CT molecular complexity index is 963. The number of aromatic nitrogens is 3. The van der Waals surface area contributed by atoms with Crippen LogP contribution in [0.25, 0.3) is 17.0 Å². The lowest BCUT2D eigenvalue weighted by Gasteiger charge is -2.05. The molecule has 2 aliphatic rings. The topological polar surface area (TPSA) is 76.9 Å². The SMILES string of the molecule is Cc1c(-c2ccc3c(c2)C(=O)NC3=O)nnn1C1=CCC=CC=C1. The summed E-state index contributed by atoms with van der Waals surface area (Å²) in [6.45, 7) is 1.93. The molecule has 0 atom stereocenters. The number of imide groups is 1. The van der Waals surface area contributed by atoms with Gasteiger partial charge in [-0.1, -0.05) is 35.6 Å². The first-order chi connectivity index (χ1) is 11.6. The number of benzene rings is 1. The van der Waals surface area contributed by atoms with Crippen LogP contribution in [0.5, 0.6) is 0 Å². The number of carbonyl (C=O) groups is 2. The predicted octanol–water partition coefficient (Wildman–Crippen LogP) is 2.49. The van der Waals surface area contributed by atoms with Crippen LogP contribution in [0.1, 0.15) is 32.8 Å². The van der Waals surface area contributed by atoms with Gasteiger partial charge in [-0.15, -0.1) is 5.10 Å². The summed E-state index contributed by atoms with van der Waals surface area (Å²) in [4.78, 5) is 23.5. The first-order valence-corrected chi connectivity index (χ1v) is 7.61. The molecule has 0 fully saturated rings. The summed E-state index contributed by atoms with van der Waals surface area (Å²) in [7, 11) is 0. The molecule has 0 saturated carbocycles. The largest absolute Gasteiger partial charge is 0.288 e. The second-order valence-corrected chi connectivity index (χ2v) is 5.63. The van der Waals surface area contributed by atoms with Crippen molar-refractivity contribution in [1.29, 1.82) is 0 Å². The maximum absolute atomic E-state index is 11.8. The lowest BCUT2D eigenvalue weighted by Crippen LogP contribution is -2.19. The van der Waals surface area contributed by atoms with Crippen LogP contribution in [0.15, 0.2) is 48.6 Å². The Balaban J connectivity index is 1.77. The second-order valence-electron chi connectivity index (χ2n) is 5.63. The van der Waals surface area contributed by atoms with Crippen LogP contribution in [0.2, 0.25) is 0 Å². The van der Waals surface area contributed by atoms with E-state index in [0.29, 0.717) is 16.8 Å². The van der Waals surface area contributed by atoms with Crippen molar-refractivity contribution in [1.82, 2.24) is 20.3 Å². The van der Waals surface area contributed by atoms with Crippen LogP contribution in [0.4, 0.5) is 0 Å². The summed E-state index contributed by atoms with van der Waals surface area (Å²) in [5.41, 5.74) is 4.05. The Morgan fingerprint density at radius 2 is 1.96 bits per heavy atom. The third-order valence-electron chi connectivity index (χ3n) is 4.13. The molecule has 2 aromatic rings. The molecule has 0 saturated heterocycles. The number of carbonyl (C=O) groups excluding carboxylic acids is 2. The minimum Gasteiger partial charge on any atom is -0.288 e. The maximum Gasteiger partial charge on any atom is 0.258 e. The van der Waals surface area contributed by atoms with Gasteiger partial charge >= 0.3 is 0 Å². The number of fused-ring (bicyclic) bond motifs is 1. The van der Waals surface area contributed by atoms with Crippen LogP contribution in [0.3, 0.4) is 0 Å². The molecule has 2 heterocycles. The average molecular weight is 318 g/mol. The molecule has 24 heavy (non-hydrogen) atoms. The Morgan fingerprint density at radius 1 is 1.12 bits per heavy atom. The minimum absolute atomic E-state index is 0.358. The highest BCUT2D eigenvalue weighted by Crippen LogP contribution is 2.27. The third kappa shape index (κ3) is 2.20. The molecule has 0 bridgehead atoms. The Labute approximate surface area is 138 Å². The number of amides is 2. The molecular formula is C18H14N4O2. The fourth-order valence-electron chi connectivity index (χ4n) is 2.88. The Kier molecular flexibility index (Phi) is 3.23. The van der Waals surface area contributed by atoms with Crippen LogP contribution in [-0.4, -0.2) is 26.8 Å². The monoisotopic (exact) mass is 318 g/mol. The quantitative estimate of drug-likeness (QED) is 0.863. The first-order valence-electron chi connectivity index (χ1n) is 7.61. The molecule has 1 aromatic heterocycles. The zero-order valence-corrected chi connectivity index (χ0v) is 13.0. The van der Waals surface area contributed by atoms with E-state index in [9.17, 15) is 9.59 Å². The molecule has 1 N–H and O–H groups in total. The van der Waals surface area contributed by atoms with Gasteiger partial charge in [-0.3, -0.25) is 14.9 Å². The second kappa shape index (κ2) is 5.42. The number of hydrogen-bond acceptors (Lipinski definition) is 4. The summed E-state index contributed by atoms with van der Waals surface area (Å²) in [6.07, 6.45) is 10.9. The molecule has 2 amide bonds. The van der Waals surface area contributed by atoms with E-state index >= 15 is 0 Å². The van der Waals surface area contributed by atoms with Gasteiger partial charge in [0.05, 0.1) is 22.5 Å². The van der Waals surface area contributed by atoms with E-state index in [4.69, 9.17) is 0 Å². The first kappa shape index (κ1) is 14.3. The van der Waals surface area contributed by atoms with Gasteiger partial charge in [0.2, 0.25) is 0 Å². The Morgan fingerprint density at radius 3 is 2.83 bits per heavy atom. The molecule has 0 unspecified atom stereocenters. The number of allylic oxidation sites excluding steroid dienone is 6. The van der Waals surface area contributed by atoms with Crippen LogP contribution >= 0.6 is 0 Å². The van der Waals surface area contributed by atoms with Gasteiger partial charge in [0, 0.05) is 5.56 Å². The molecule has 6 nitrogen and oxygen atoms in total. The van der Waals surface area contributed by atoms with Gasteiger partial charge in [0.25, 0.3) is 11.8 Å². The molecule has 1 aliphatic carbocycles. The molecule has 118 valence electrons. The van der Waals surface area contributed by atoms with Crippen molar-refractivity contribution >= 4 is 17.5 Å². The lowest BCUT2D eigenvalue weighted by atomic mass is 10.0. The van der Waals surface area contributed by atoms with Gasteiger partial charge in [-0.2, -0.15) is 0 Å². The van der Waals surface area contributed by atoms with Crippen molar-refractivity contribution in [3.63, 3.8) is 0 Å². The summed E-state index contributed by atoms with van der Waals surface area (Å²) in [5, 5.41) is 10.8. The van der Waals surface area contributed by atoms with Crippen LogP contribution in [-0.2, 0) is 0 Å².